The standard InChI is InChI=1S/C28H26BrN5O3/c1-28(2,3)24(18-12-9-13-19(29)16-18)32-34-27(37)23(30-25(35)17-10-5-4-6-11-17)22-20-14-7-8-15-21(20)26(36)33-31-22/h4-16,23H,1-3H3,(H,30,35)(H,33,36)(H,34,37)/b32-24-. The molecule has 0 saturated carbocycles. The average Bonchev–Trinajstić information content (AvgIpc) is 2.88. The fourth-order valence-corrected chi connectivity index (χ4v) is 4.29. The van der Waals surface area contributed by atoms with E-state index in [1.807, 2.05) is 45.0 Å². The minimum atomic E-state index is -1.23. The molecule has 3 N–H and O–H groups in total. The van der Waals surface area contributed by atoms with Crippen LogP contribution in [-0.4, -0.2) is 27.7 Å². The quantitative estimate of drug-likeness (QED) is 0.234. The lowest BCUT2D eigenvalue weighted by Crippen LogP contribution is -2.40. The molecular formula is C28H26BrN5O3. The van der Waals surface area contributed by atoms with Gasteiger partial charge in [-0.25, -0.2) is 10.5 Å². The Labute approximate surface area is 222 Å². The van der Waals surface area contributed by atoms with E-state index in [-0.39, 0.29) is 5.69 Å². The molecule has 3 aromatic carbocycles. The second kappa shape index (κ2) is 10.9. The van der Waals surface area contributed by atoms with E-state index >= 15 is 0 Å². The van der Waals surface area contributed by atoms with E-state index in [0.29, 0.717) is 22.0 Å². The number of carbonyl (C=O) groups is 2. The summed E-state index contributed by atoms with van der Waals surface area (Å²) in [6.45, 7) is 5.97. The van der Waals surface area contributed by atoms with Crippen molar-refractivity contribution in [3.63, 3.8) is 0 Å². The highest BCUT2D eigenvalue weighted by Gasteiger charge is 2.28. The van der Waals surface area contributed by atoms with Crippen LogP contribution in [0.15, 0.2) is 93.2 Å². The highest BCUT2D eigenvalue weighted by atomic mass is 79.9. The molecule has 4 aromatic rings. The normalized spacial score (nSPS) is 12.7. The maximum Gasteiger partial charge on any atom is 0.272 e. The van der Waals surface area contributed by atoms with E-state index in [1.165, 1.54) is 0 Å². The van der Waals surface area contributed by atoms with Crippen LogP contribution < -0.4 is 16.3 Å². The zero-order chi connectivity index (χ0) is 26.6. The molecule has 1 atom stereocenters. The Kier molecular flexibility index (Phi) is 7.63. The van der Waals surface area contributed by atoms with Crippen LogP contribution in [0, 0.1) is 5.41 Å². The van der Waals surface area contributed by atoms with Crippen molar-refractivity contribution in [2.45, 2.75) is 26.8 Å². The molecule has 0 bridgehead atoms. The van der Waals surface area contributed by atoms with Gasteiger partial charge in [-0.2, -0.15) is 10.2 Å². The van der Waals surface area contributed by atoms with Gasteiger partial charge in [-0.15, -0.1) is 0 Å². The van der Waals surface area contributed by atoms with Crippen molar-refractivity contribution >= 4 is 44.2 Å². The Morgan fingerprint density at radius 2 is 1.57 bits per heavy atom. The van der Waals surface area contributed by atoms with Gasteiger partial charge in [0.2, 0.25) is 0 Å². The van der Waals surface area contributed by atoms with Gasteiger partial charge < -0.3 is 5.32 Å². The van der Waals surface area contributed by atoms with Crippen LogP contribution in [0.3, 0.4) is 0 Å². The lowest BCUT2D eigenvalue weighted by Gasteiger charge is -2.23. The fourth-order valence-electron chi connectivity index (χ4n) is 3.89. The number of aromatic amines is 1. The number of nitrogens with one attached hydrogen (secondary N) is 3. The summed E-state index contributed by atoms with van der Waals surface area (Å²) in [6.07, 6.45) is 0. The van der Waals surface area contributed by atoms with Gasteiger partial charge in [-0.05, 0) is 35.9 Å². The number of halogens is 1. The number of hydrazone groups is 1. The summed E-state index contributed by atoms with van der Waals surface area (Å²) < 4.78 is 0.880. The molecule has 0 fully saturated rings. The lowest BCUT2D eigenvalue weighted by atomic mass is 9.86. The molecule has 0 radical (unpaired) electrons. The summed E-state index contributed by atoms with van der Waals surface area (Å²) in [6, 6.07) is 21.7. The van der Waals surface area contributed by atoms with Crippen molar-refractivity contribution in [2.24, 2.45) is 10.5 Å². The monoisotopic (exact) mass is 559 g/mol. The van der Waals surface area contributed by atoms with Crippen molar-refractivity contribution in [1.82, 2.24) is 20.9 Å². The summed E-state index contributed by atoms with van der Waals surface area (Å²) >= 11 is 3.48. The topological polar surface area (TPSA) is 116 Å². The summed E-state index contributed by atoms with van der Waals surface area (Å²) in [5.74, 6) is -1.07. The minimum absolute atomic E-state index is 0.201. The Hall–Kier alpha value is -4.11. The molecule has 0 saturated heterocycles. The summed E-state index contributed by atoms with van der Waals surface area (Å²) in [4.78, 5) is 39.0. The third-order valence-electron chi connectivity index (χ3n) is 5.66. The van der Waals surface area contributed by atoms with Gasteiger partial charge in [-0.3, -0.25) is 14.4 Å². The molecule has 0 aliphatic carbocycles. The van der Waals surface area contributed by atoms with Gasteiger partial charge in [0.15, 0.2) is 6.04 Å². The summed E-state index contributed by atoms with van der Waals surface area (Å²) in [5, 5.41) is 14.6. The molecule has 1 unspecified atom stereocenters. The molecule has 9 heteroatoms. The summed E-state index contributed by atoms with van der Waals surface area (Å²) in [7, 11) is 0. The first-order chi connectivity index (χ1) is 17.6. The second-order valence-corrected chi connectivity index (χ2v) is 10.4. The molecule has 37 heavy (non-hydrogen) atoms. The average molecular weight is 560 g/mol. The van der Waals surface area contributed by atoms with Crippen molar-refractivity contribution in [3.8, 4) is 0 Å². The van der Waals surface area contributed by atoms with Gasteiger partial charge in [0.1, 0.15) is 5.69 Å². The van der Waals surface area contributed by atoms with Gasteiger partial charge in [0.05, 0.1) is 11.1 Å². The number of aromatic nitrogens is 2. The highest BCUT2D eigenvalue weighted by Crippen LogP contribution is 2.25. The molecule has 4 rings (SSSR count). The Bertz CT molecular complexity index is 1540. The zero-order valence-corrected chi connectivity index (χ0v) is 22.2. The molecule has 188 valence electrons. The molecule has 8 nitrogen and oxygen atoms in total. The summed E-state index contributed by atoms with van der Waals surface area (Å²) in [5.41, 5.74) is 3.89. The smallest absolute Gasteiger partial charge is 0.272 e. The van der Waals surface area contributed by atoms with Crippen molar-refractivity contribution in [2.75, 3.05) is 0 Å². The Morgan fingerprint density at radius 3 is 2.24 bits per heavy atom. The Morgan fingerprint density at radius 1 is 0.919 bits per heavy atom. The number of amides is 2. The van der Waals surface area contributed by atoms with Gasteiger partial charge in [0, 0.05) is 20.8 Å². The number of fused-ring (bicyclic) bond motifs is 1. The van der Waals surface area contributed by atoms with E-state index in [9.17, 15) is 14.4 Å². The van der Waals surface area contributed by atoms with Crippen molar-refractivity contribution < 1.29 is 9.59 Å². The Balaban J connectivity index is 1.76. The lowest BCUT2D eigenvalue weighted by molar-refractivity contribution is -0.123. The number of H-pyrrole nitrogens is 1. The first-order valence-electron chi connectivity index (χ1n) is 11.6. The van der Waals surface area contributed by atoms with E-state index < -0.39 is 28.8 Å². The molecule has 0 aliphatic rings. The highest BCUT2D eigenvalue weighted by molar-refractivity contribution is 9.10. The molecular weight excluding hydrogens is 534 g/mol. The van der Waals surface area contributed by atoms with Crippen LogP contribution in [0.25, 0.3) is 10.8 Å². The molecule has 1 heterocycles. The van der Waals surface area contributed by atoms with Crippen molar-refractivity contribution in [1.29, 1.82) is 0 Å². The van der Waals surface area contributed by atoms with Crippen LogP contribution >= 0.6 is 15.9 Å². The van der Waals surface area contributed by atoms with Gasteiger partial charge >= 0.3 is 0 Å². The largest absolute Gasteiger partial charge is 0.335 e. The predicted molar refractivity (Wildman–Crippen MR) is 147 cm³/mol. The predicted octanol–water partition coefficient (Wildman–Crippen LogP) is 4.72. The second-order valence-electron chi connectivity index (χ2n) is 9.45. The van der Waals surface area contributed by atoms with Crippen molar-refractivity contribution in [3.05, 3.63) is 111 Å². The maximum atomic E-state index is 13.6. The molecule has 0 aliphatic heterocycles. The number of hydrogen-bond donors (Lipinski definition) is 3. The SMILES string of the molecule is CC(C)(C)/C(=N\NC(=O)C(NC(=O)c1ccccc1)c1n[nH]c(=O)c2ccccc12)c1cccc(Br)c1. The van der Waals surface area contributed by atoms with Gasteiger partial charge in [-0.1, -0.05) is 85.2 Å². The molecule has 1 aromatic heterocycles. The van der Waals surface area contributed by atoms with E-state index in [1.54, 1.807) is 54.6 Å². The van der Waals surface area contributed by atoms with E-state index in [2.05, 4.69) is 42.0 Å². The molecule has 0 spiro atoms. The first kappa shape index (κ1) is 26.0. The van der Waals surface area contributed by atoms with Crippen LogP contribution in [0.2, 0.25) is 0 Å². The minimum Gasteiger partial charge on any atom is -0.335 e. The maximum absolute atomic E-state index is 13.6. The van der Waals surface area contributed by atoms with E-state index in [0.717, 1.165) is 10.0 Å². The number of rotatable bonds is 6. The third kappa shape index (κ3) is 6.00. The number of carbonyl (C=O) groups excluding carboxylic acids is 2. The fraction of sp³-hybridized carbons (Fsp3) is 0.179. The number of hydrogen-bond acceptors (Lipinski definition) is 5. The van der Waals surface area contributed by atoms with Crippen LogP contribution in [-0.2, 0) is 4.79 Å². The first-order valence-corrected chi connectivity index (χ1v) is 12.4. The number of nitrogens with zero attached hydrogens (tertiary/aromatic N) is 2. The third-order valence-corrected chi connectivity index (χ3v) is 6.15. The van der Waals surface area contributed by atoms with E-state index in [4.69, 9.17) is 0 Å². The zero-order valence-electron chi connectivity index (χ0n) is 20.6. The van der Waals surface area contributed by atoms with Gasteiger partial charge in [0.25, 0.3) is 17.4 Å². The van der Waals surface area contributed by atoms with Crippen LogP contribution in [0.5, 0.6) is 0 Å². The number of benzene rings is 3. The van der Waals surface area contributed by atoms with Crippen LogP contribution in [0.4, 0.5) is 0 Å². The molecule has 2 amide bonds. The van der Waals surface area contributed by atoms with Crippen LogP contribution in [0.1, 0.15) is 48.4 Å².